The van der Waals surface area contributed by atoms with Crippen molar-refractivity contribution in [3.63, 3.8) is 0 Å². The summed E-state index contributed by atoms with van der Waals surface area (Å²) in [4.78, 5) is 11.7. The number of nitrogens with one attached hydrogen (secondary N) is 1. The number of amides is 1. The van der Waals surface area contributed by atoms with Gasteiger partial charge in [0.05, 0.1) is 0 Å². The number of carbonyl (C=O) groups excluding carboxylic acids is 1. The third kappa shape index (κ3) is 4.86. The van der Waals surface area contributed by atoms with Gasteiger partial charge in [0, 0.05) is 19.0 Å². The third-order valence-corrected chi connectivity index (χ3v) is 3.57. The van der Waals surface area contributed by atoms with E-state index in [0.29, 0.717) is 13.1 Å². The number of nitrogens with two attached hydrogens (primary N) is 1. The summed E-state index contributed by atoms with van der Waals surface area (Å²) >= 11 is 0. The van der Waals surface area contributed by atoms with E-state index in [1.165, 1.54) is 16.7 Å². The summed E-state index contributed by atoms with van der Waals surface area (Å²) in [5, 5.41) is 2.90. The van der Waals surface area contributed by atoms with Crippen LogP contribution in [0, 0.1) is 12.8 Å². The van der Waals surface area contributed by atoms with Crippen molar-refractivity contribution in [1.29, 1.82) is 0 Å². The molecule has 118 valence electrons. The minimum absolute atomic E-state index is 0. The summed E-state index contributed by atoms with van der Waals surface area (Å²) in [5.74, 6) is -0.142. The van der Waals surface area contributed by atoms with Gasteiger partial charge >= 0.3 is 0 Å². The zero-order chi connectivity index (χ0) is 15.2. The molecule has 0 saturated heterocycles. The molecule has 0 radical (unpaired) electrons. The highest BCUT2D eigenvalue weighted by Crippen LogP contribution is 2.20. The summed E-state index contributed by atoms with van der Waals surface area (Å²) in [6.45, 7) is 4.83. The van der Waals surface area contributed by atoms with Gasteiger partial charge in [-0.05, 0) is 23.6 Å². The number of halogens is 1. The average Bonchev–Trinajstić information content (AvgIpc) is 2.52. The Balaban J connectivity index is 0.00000242. The molecule has 3 N–H and O–H groups in total. The number of rotatable bonds is 5. The van der Waals surface area contributed by atoms with Crippen LogP contribution in [0.5, 0.6) is 0 Å². The molecule has 0 heterocycles. The standard InChI is InChI=1S/C18H22N2O.ClH/c1-13-4-3-5-17(10-13)16-8-6-15(7-9-16)12-20-18(21)14(2)11-19;/h3-10,14H,11-12,19H2,1-2H3,(H,20,21);1H. The molecule has 1 amide bonds. The van der Waals surface area contributed by atoms with Gasteiger partial charge in [-0.25, -0.2) is 0 Å². The largest absolute Gasteiger partial charge is 0.352 e. The quantitative estimate of drug-likeness (QED) is 0.888. The summed E-state index contributed by atoms with van der Waals surface area (Å²) in [7, 11) is 0. The molecule has 0 aliphatic carbocycles. The van der Waals surface area contributed by atoms with E-state index in [1.807, 2.05) is 19.1 Å². The van der Waals surface area contributed by atoms with Gasteiger partial charge < -0.3 is 11.1 Å². The van der Waals surface area contributed by atoms with Gasteiger partial charge in [0.15, 0.2) is 0 Å². The third-order valence-electron chi connectivity index (χ3n) is 3.57. The maximum atomic E-state index is 11.7. The molecule has 0 fully saturated rings. The molecule has 0 aromatic heterocycles. The summed E-state index contributed by atoms with van der Waals surface area (Å²) in [5.41, 5.74) is 10.2. The first kappa shape index (κ1) is 18.2. The maximum absolute atomic E-state index is 11.7. The number of hydrogen-bond acceptors (Lipinski definition) is 2. The molecule has 0 aliphatic heterocycles. The van der Waals surface area contributed by atoms with Crippen LogP contribution in [-0.2, 0) is 11.3 Å². The monoisotopic (exact) mass is 318 g/mol. The van der Waals surface area contributed by atoms with Crippen molar-refractivity contribution in [3.8, 4) is 11.1 Å². The summed E-state index contributed by atoms with van der Waals surface area (Å²) in [6, 6.07) is 16.7. The lowest BCUT2D eigenvalue weighted by Crippen LogP contribution is -2.32. The highest BCUT2D eigenvalue weighted by molar-refractivity contribution is 5.85. The van der Waals surface area contributed by atoms with Gasteiger partial charge in [-0.15, -0.1) is 12.4 Å². The Hall–Kier alpha value is -1.84. The van der Waals surface area contributed by atoms with Crippen LogP contribution in [0.15, 0.2) is 48.5 Å². The molecule has 1 atom stereocenters. The van der Waals surface area contributed by atoms with E-state index in [9.17, 15) is 4.79 Å². The summed E-state index contributed by atoms with van der Waals surface area (Å²) in [6.07, 6.45) is 0. The van der Waals surface area contributed by atoms with Gasteiger partial charge in [-0.3, -0.25) is 4.79 Å². The molecule has 1 unspecified atom stereocenters. The second kappa shape index (κ2) is 8.57. The lowest BCUT2D eigenvalue weighted by molar-refractivity contribution is -0.124. The van der Waals surface area contributed by atoms with Gasteiger partial charge in [0.2, 0.25) is 5.91 Å². The predicted molar refractivity (Wildman–Crippen MR) is 93.9 cm³/mol. The van der Waals surface area contributed by atoms with Gasteiger partial charge in [-0.1, -0.05) is 61.0 Å². The molecule has 0 spiro atoms. The van der Waals surface area contributed by atoms with Gasteiger partial charge in [-0.2, -0.15) is 0 Å². The zero-order valence-corrected chi connectivity index (χ0v) is 13.8. The zero-order valence-electron chi connectivity index (χ0n) is 13.0. The first-order valence-electron chi connectivity index (χ1n) is 7.24. The Kier molecular flexibility index (Phi) is 7.09. The minimum atomic E-state index is -0.142. The van der Waals surface area contributed by atoms with Crippen LogP contribution in [-0.4, -0.2) is 12.5 Å². The van der Waals surface area contributed by atoms with E-state index in [-0.39, 0.29) is 24.2 Å². The van der Waals surface area contributed by atoms with Gasteiger partial charge in [0.25, 0.3) is 0 Å². The number of carbonyl (C=O) groups is 1. The van der Waals surface area contributed by atoms with Crippen LogP contribution in [0.2, 0.25) is 0 Å². The lowest BCUT2D eigenvalue weighted by Gasteiger charge is -2.10. The number of benzene rings is 2. The fourth-order valence-electron chi connectivity index (χ4n) is 2.11. The first-order valence-corrected chi connectivity index (χ1v) is 7.24. The highest BCUT2D eigenvalue weighted by Gasteiger charge is 2.09. The fourth-order valence-corrected chi connectivity index (χ4v) is 2.11. The number of aryl methyl sites for hydroxylation is 1. The Bertz CT molecular complexity index is 611. The summed E-state index contributed by atoms with van der Waals surface area (Å²) < 4.78 is 0. The molecule has 2 rings (SSSR count). The normalized spacial score (nSPS) is 11.4. The molecule has 2 aromatic carbocycles. The minimum Gasteiger partial charge on any atom is -0.352 e. The van der Waals surface area contributed by atoms with Crippen molar-refractivity contribution < 1.29 is 4.79 Å². The Morgan fingerprint density at radius 2 is 1.82 bits per heavy atom. The van der Waals surface area contributed by atoms with E-state index in [4.69, 9.17) is 5.73 Å². The lowest BCUT2D eigenvalue weighted by atomic mass is 10.0. The molecular formula is C18H23ClN2O. The molecule has 22 heavy (non-hydrogen) atoms. The second-order valence-corrected chi connectivity index (χ2v) is 5.42. The van der Waals surface area contributed by atoms with Crippen LogP contribution >= 0.6 is 12.4 Å². The number of hydrogen-bond donors (Lipinski definition) is 2. The van der Waals surface area contributed by atoms with E-state index >= 15 is 0 Å². The molecule has 0 saturated carbocycles. The van der Waals surface area contributed by atoms with Crippen LogP contribution in [0.4, 0.5) is 0 Å². The van der Waals surface area contributed by atoms with E-state index in [1.54, 1.807) is 0 Å². The Morgan fingerprint density at radius 3 is 2.41 bits per heavy atom. The Morgan fingerprint density at radius 1 is 1.14 bits per heavy atom. The van der Waals surface area contributed by atoms with Crippen molar-refractivity contribution in [2.24, 2.45) is 11.7 Å². The topological polar surface area (TPSA) is 55.1 Å². The van der Waals surface area contributed by atoms with Crippen LogP contribution < -0.4 is 11.1 Å². The van der Waals surface area contributed by atoms with E-state index in [0.717, 1.165) is 5.56 Å². The molecule has 0 bridgehead atoms. The Labute approximate surface area is 138 Å². The molecule has 3 nitrogen and oxygen atoms in total. The van der Waals surface area contributed by atoms with E-state index in [2.05, 4.69) is 48.6 Å². The maximum Gasteiger partial charge on any atom is 0.224 e. The van der Waals surface area contributed by atoms with Crippen LogP contribution in [0.1, 0.15) is 18.1 Å². The second-order valence-electron chi connectivity index (χ2n) is 5.42. The van der Waals surface area contributed by atoms with Crippen molar-refractivity contribution in [2.75, 3.05) is 6.54 Å². The van der Waals surface area contributed by atoms with Crippen LogP contribution in [0.3, 0.4) is 0 Å². The van der Waals surface area contributed by atoms with Crippen molar-refractivity contribution in [2.45, 2.75) is 20.4 Å². The average molecular weight is 319 g/mol. The van der Waals surface area contributed by atoms with Crippen LogP contribution in [0.25, 0.3) is 11.1 Å². The molecule has 4 heteroatoms. The molecule has 2 aromatic rings. The van der Waals surface area contributed by atoms with E-state index < -0.39 is 0 Å². The van der Waals surface area contributed by atoms with Crippen molar-refractivity contribution >= 4 is 18.3 Å². The molecule has 0 aliphatic rings. The van der Waals surface area contributed by atoms with Crippen molar-refractivity contribution in [1.82, 2.24) is 5.32 Å². The highest BCUT2D eigenvalue weighted by atomic mass is 35.5. The first-order chi connectivity index (χ1) is 10.1. The SMILES string of the molecule is Cc1cccc(-c2ccc(CNC(=O)C(C)CN)cc2)c1.Cl. The van der Waals surface area contributed by atoms with Gasteiger partial charge in [0.1, 0.15) is 0 Å². The van der Waals surface area contributed by atoms with Crippen molar-refractivity contribution in [3.05, 3.63) is 59.7 Å². The predicted octanol–water partition coefficient (Wildman–Crippen LogP) is 3.29. The fraction of sp³-hybridized carbons (Fsp3) is 0.278. The smallest absolute Gasteiger partial charge is 0.224 e. The molecular weight excluding hydrogens is 296 g/mol.